The molecule has 0 aliphatic heterocycles. The van der Waals surface area contributed by atoms with Gasteiger partial charge in [-0.2, -0.15) is 4.98 Å². The molecule has 0 amide bonds. The summed E-state index contributed by atoms with van der Waals surface area (Å²) in [7, 11) is 1.63. The van der Waals surface area contributed by atoms with Crippen LogP contribution in [0.25, 0.3) is 11.4 Å². The zero-order valence-corrected chi connectivity index (χ0v) is 12.5. The van der Waals surface area contributed by atoms with Gasteiger partial charge in [0.15, 0.2) is 0 Å². The normalized spacial score (nSPS) is 12.4. The van der Waals surface area contributed by atoms with Crippen molar-refractivity contribution in [1.29, 1.82) is 0 Å². The predicted octanol–water partition coefficient (Wildman–Crippen LogP) is 2.79. The highest BCUT2D eigenvalue weighted by Gasteiger charge is 2.11. The van der Waals surface area contributed by atoms with Crippen molar-refractivity contribution in [3.63, 3.8) is 0 Å². The molecule has 1 unspecified atom stereocenters. The van der Waals surface area contributed by atoms with Crippen molar-refractivity contribution >= 4 is 15.9 Å². The first-order valence-electron chi connectivity index (χ1n) is 6.02. The van der Waals surface area contributed by atoms with Gasteiger partial charge in [0.25, 0.3) is 0 Å². The number of nitrogens with two attached hydrogens (primary N) is 1. The van der Waals surface area contributed by atoms with Crippen molar-refractivity contribution in [2.24, 2.45) is 5.73 Å². The summed E-state index contributed by atoms with van der Waals surface area (Å²) in [6.07, 6.45) is 1.52. The van der Waals surface area contributed by atoms with Gasteiger partial charge in [-0.15, -0.1) is 0 Å². The minimum atomic E-state index is 0.130. The Labute approximate surface area is 120 Å². The van der Waals surface area contributed by atoms with E-state index in [1.54, 1.807) is 7.11 Å². The molecule has 0 fully saturated rings. The summed E-state index contributed by atoms with van der Waals surface area (Å²) < 4.78 is 11.2. The molecule has 1 aromatic heterocycles. The van der Waals surface area contributed by atoms with Gasteiger partial charge in [0, 0.05) is 18.0 Å². The van der Waals surface area contributed by atoms with Crippen LogP contribution in [0.5, 0.6) is 5.75 Å². The number of hydrogen-bond donors (Lipinski definition) is 1. The van der Waals surface area contributed by atoms with Crippen LogP contribution in [0.2, 0.25) is 0 Å². The Morgan fingerprint density at radius 3 is 2.89 bits per heavy atom. The second kappa shape index (κ2) is 6.16. The topological polar surface area (TPSA) is 74.2 Å². The molecule has 0 aliphatic carbocycles. The summed E-state index contributed by atoms with van der Waals surface area (Å²) in [5, 5.41) is 3.97. The average Bonchev–Trinajstić information content (AvgIpc) is 2.85. The van der Waals surface area contributed by atoms with E-state index in [0.717, 1.165) is 22.2 Å². The van der Waals surface area contributed by atoms with Gasteiger partial charge in [0.05, 0.1) is 11.6 Å². The lowest BCUT2D eigenvalue weighted by atomic mass is 10.2. The Hall–Kier alpha value is -1.40. The zero-order valence-electron chi connectivity index (χ0n) is 10.9. The van der Waals surface area contributed by atoms with Gasteiger partial charge in [-0.25, -0.2) is 0 Å². The third kappa shape index (κ3) is 3.54. The van der Waals surface area contributed by atoms with E-state index in [1.165, 1.54) is 0 Å². The van der Waals surface area contributed by atoms with Gasteiger partial charge < -0.3 is 15.0 Å². The Balaban J connectivity index is 2.16. The van der Waals surface area contributed by atoms with E-state index in [2.05, 4.69) is 26.1 Å². The van der Waals surface area contributed by atoms with E-state index >= 15 is 0 Å². The fourth-order valence-corrected chi connectivity index (χ4v) is 2.17. The van der Waals surface area contributed by atoms with Gasteiger partial charge in [0.1, 0.15) is 5.75 Å². The highest BCUT2D eigenvalue weighted by Crippen LogP contribution is 2.29. The molecular formula is C13H16BrN3O2. The minimum Gasteiger partial charge on any atom is -0.496 e. The van der Waals surface area contributed by atoms with Crippen LogP contribution in [0, 0.1) is 0 Å². The number of rotatable bonds is 5. The summed E-state index contributed by atoms with van der Waals surface area (Å²) in [5.74, 6) is 1.95. The first-order chi connectivity index (χ1) is 9.10. The maximum absolute atomic E-state index is 5.70. The quantitative estimate of drug-likeness (QED) is 0.914. The Kier molecular flexibility index (Phi) is 4.55. The highest BCUT2D eigenvalue weighted by molar-refractivity contribution is 9.10. The molecule has 1 heterocycles. The fraction of sp³-hybridized carbons (Fsp3) is 0.385. The van der Waals surface area contributed by atoms with Crippen molar-refractivity contribution in [3.8, 4) is 17.1 Å². The van der Waals surface area contributed by atoms with Crippen molar-refractivity contribution in [1.82, 2.24) is 10.1 Å². The second-order valence-electron chi connectivity index (χ2n) is 4.38. The number of benzene rings is 1. The molecule has 0 saturated heterocycles. The lowest BCUT2D eigenvalue weighted by Gasteiger charge is -2.03. The zero-order chi connectivity index (χ0) is 13.8. The van der Waals surface area contributed by atoms with E-state index in [4.69, 9.17) is 15.0 Å². The molecule has 19 heavy (non-hydrogen) atoms. The number of nitrogens with zero attached hydrogens (tertiary/aromatic N) is 2. The molecule has 1 atom stereocenters. The lowest BCUT2D eigenvalue weighted by Crippen LogP contribution is -2.15. The van der Waals surface area contributed by atoms with Crippen LogP contribution in [-0.2, 0) is 6.42 Å². The van der Waals surface area contributed by atoms with Gasteiger partial charge in [-0.3, -0.25) is 0 Å². The molecule has 6 heteroatoms. The number of ether oxygens (including phenoxy) is 1. The SMILES string of the molecule is COc1ccc(-c2noc(CCC(C)N)n2)cc1Br. The van der Waals surface area contributed by atoms with E-state index in [1.807, 2.05) is 25.1 Å². The fourth-order valence-electron chi connectivity index (χ4n) is 1.63. The molecule has 0 aliphatic rings. The highest BCUT2D eigenvalue weighted by atomic mass is 79.9. The van der Waals surface area contributed by atoms with Crippen LogP contribution in [0.4, 0.5) is 0 Å². The average molecular weight is 326 g/mol. The summed E-state index contributed by atoms with van der Waals surface area (Å²) >= 11 is 3.43. The van der Waals surface area contributed by atoms with Crippen LogP contribution in [0.1, 0.15) is 19.2 Å². The standard InChI is InChI=1S/C13H16BrN3O2/c1-8(15)3-6-12-16-13(17-19-12)9-4-5-11(18-2)10(14)7-9/h4-5,7-8H,3,6,15H2,1-2H3. The third-order valence-corrected chi connectivity index (χ3v) is 3.31. The van der Waals surface area contributed by atoms with E-state index < -0.39 is 0 Å². The lowest BCUT2D eigenvalue weighted by molar-refractivity contribution is 0.372. The minimum absolute atomic E-state index is 0.130. The molecular weight excluding hydrogens is 310 g/mol. The van der Waals surface area contributed by atoms with Crippen LogP contribution in [0.3, 0.4) is 0 Å². The molecule has 2 aromatic rings. The number of halogens is 1. The van der Waals surface area contributed by atoms with Gasteiger partial charge in [-0.1, -0.05) is 5.16 Å². The molecule has 0 spiro atoms. The maximum atomic E-state index is 5.70. The molecule has 2 N–H and O–H groups in total. The van der Waals surface area contributed by atoms with Crippen molar-refractivity contribution in [2.75, 3.05) is 7.11 Å². The number of methoxy groups -OCH3 is 1. The van der Waals surface area contributed by atoms with Crippen molar-refractivity contribution < 1.29 is 9.26 Å². The van der Waals surface area contributed by atoms with E-state index in [-0.39, 0.29) is 6.04 Å². The Bertz CT molecular complexity index is 555. The molecule has 1 aromatic carbocycles. The Morgan fingerprint density at radius 1 is 1.47 bits per heavy atom. The second-order valence-corrected chi connectivity index (χ2v) is 5.23. The molecule has 2 rings (SSSR count). The molecule has 0 bridgehead atoms. The number of aryl methyl sites for hydroxylation is 1. The summed E-state index contributed by atoms with van der Waals surface area (Å²) in [6.45, 7) is 1.96. The number of aromatic nitrogens is 2. The van der Waals surface area contributed by atoms with Crippen LogP contribution >= 0.6 is 15.9 Å². The van der Waals surface area contributed by atoms with Crippen molar-refractivity contribution in [2.45, 2.75) is 25.8 Å². The van der Waals surface area contributed by atoms with Gasteiger partial charge in [0.2, 0.25) is 11.7 Å². The van der Waals surface area contributed by atoms with Crippen LogP contribution < -0.4 is 10.5 Å². The van der Waals surface area contributed by atoms with Crippen molar-refractivity contribution in [3.05, 3.63) is 28.6 Å². The molecule has 5 nitrogen and oxygen atoms in total. The monoisotopic (exact) mass is 325 g/mol. The smallest absolute Gasteiger partial charge is 0.227 e. The first kappa shape index (κ1) is 14.0. The first-order valence-corrected chi connectivity index (χ1v) is 6.81. The van der Waals surface area contributed by atoms with E-state index in [0.29, 0.717) is 18.1 Å². The predicted molar refractivity (Wildman–Crippen MR) is 76.0 cm³/mol. The van der Waals surface area contributed by atoms with Gasteiger partial charge in [-0.05, 0) is 47.5 Å². The van der Waals surface area contributed by atoms with E-state index in [9.17, 15) is 0 Å². The summed E-state index contributed by atoms with van der Waals surface area (Å²) in [6, 6.07) is 5.78. The number of hydrogen-bond acceptors (Lipinski definition) is 5. The Morgan fingerprint density at radius 2 is 2.26 bits per heavy atom. The van der Waals surface area contributed by atoms with Gasteiger partial charge >= 0.3 is 0 Å². The molecule has 102 valence electrons. The largest absolute Gasteiger partial charge is 0.496 e. The molecule has 0 radical (unpaired) electrons. The maximum Gasteiger partial charge on any atom is 0.227 e. The summed E-state index contributed by atoms with van der Waals surface area (Å²) in [5.41, 5.74) is 6.58. The van der Waals surface area contributed by atoms with Crippen LogP contribution in [-0.4, -0.2) is 23.3 Å². The molecule has 0 saturated carbocycles. The summed E-state index contributed by atoms with van der Waals surface area (Å²) in [4.78, 5) is 4.35. The third-order valence-electron chi connectivity index (χ3n) is 2.69. The van der Waals surface area contributed by atoms with Crippen LogP contribution in [0.15, 0.2) is 27.2 Å².